The quantitative estimate of drug-likeness (QED) is 0.668. The molecule has 0 bridgehead atoms. The molecule has 4 rings (SSSR count). The van der Waals surface area contributed by atoms with Gasteiger partial charge >= 0.3 is 0 Å². The first-order valence-electron chi connectivity index (χ1n) is 10.7. The third-order valence-electron chi connectivity index (χ3n) is 6.02. The number of amides is 3. The third-order valence-corrected chi connectivity index (χ3v) is 6.30. The Balaban J connectivity index is 1.44. The van der Waals surface area contributed by atoms with Crippen molar-refractivity contribution < 1.29 is 23.9 Å². The number of rotatable bonds is 5. The second kappa shape index (κ2) is 9.20. The van der Waals surface area contributed by atoms with E-state index in [1.54, 1.807) is 24.3 Å². The minimum atomic E-state index is -0.725. The Morgan fingerprint density at radius 3 is 2.62 bits per heavy atom. The summed E-state index contributed by atoms with van der Waals surface area (Å²) in [4.78, 5) is 36.7. The van der Waals surface area contributed by atoms with E-state index in [-0.39, 0.29) is 24.1 Å². The van der Waals surface area contributed by atoms with E-state index < -0.39 is 5.41 Å². The molecule has 2 aromatic carbocycles. The van der Waals surface area contributed by atoms with Gasteiger partial charge in [-0.05, 0) is 48.2 Å². The van der Waals surface area contributed by atoms with Crippen LogP contribution in [0.25, 0.3) is 0 Å². The van der Waals surface area contributed by atoms with Crippen molar-refractivity contribution in [3.63, 3.8) is 0 Å². The summed E-state index contributed by atoms with van der Waals surface area (Å²) in [6.45, 7) is 3.02. The summed E-state index contributed by atoms with van der Waals surface area (Å²) in [7, 11) is 0. The number of anilines is 1. The maximum atomic E-state index is 12.6. The molecule has 2 N–H and O–H groups in total. The molecule has 2 aliphatic rings. The summed E-state index contributed by atoms with van der Waals surface area (Å²) in [6.07, 6.45) is 2.28. The Hall–Kier alpha value is -3.06. The zero-order valence-corrected chi connectivity index (χ0v) is 18.6. The lowest BCUT2D eigenvalue weighted by molar-refractivity contribution is -0.138. The Morgan fingerprint density at radius 1 is 1.16 bits per heavy atom. The van der Waals surface area contributed by atoms with Crippen LogP contribution in [-0.2, 0) is 26.2 Å². The molecular formula is C24H25ClN2O5. The molecule has 0 aromatic heterocycles. The number of nitrogens with one attached hydrogen (secondary N) is 2. The van der Waals surface area contributed by atoms with Gasteiger partial charge in [-0.15, -0.1) is 0 Å². The number of halogens is 1. The minimum Gasteiger partial charge on any atom is -0.489 e. The molecule has 0 saturated carbocycles. The number of hydrogen-bond acceptors (Lipinski definition) is 5. The van der Waals surface area contributed by atoms with E-state index in [1.807, 2.05) is 19.1 Å². The van der Waals surface area contributed by atoms with Crippen LogP contribution in [0.15, 0.2) is 36.4 Å². The molecule has 1 saturated heterocycles. The third kappa shape index (κ3) is 4.43. The highest BCUT2D eigenvalue weighted by molar-refractivity contribution is 6.32. The summed E-state index contributed by atoms with van der Waals surface area (Å²) in [5, 5.41) is 5.74. The highest BCUT2D eigenvalue weighted by atomic mass is 35.5. The van der Waals surface area contributed by atoms with E-state index in [4.69, 9.17) is 21.1 Å². The van der Waals surface area contributed by atoms with Crippen LogP contribution in [0.1, 0.15) is 43.7 Å². The molecule has 168 valence electrons. The average molecular weight is 457 g/mol. The first-order valence-corrected chi connectivity index (χ1v) is 11.1. The number of carbonyl (C=O) groups is 3. The highest BCUT2D eigenvalue weighted by Gasteiger charge is 2.42. The molecule has 3 amide bonds. The summed E-state index contributed by atoms with van der Waals surface area (Å²) >= 11 is 6.31. The fraction of sp³-hybridized carbons (Fsp3) is 0.375. The molecule has 2 aliphatic heterocycles. The monoisotopic (exact) mass is 456 g/mol. The number of fused-ring (bicyclic) bond motifs is 1. The fourth-order valence-corrected chi connectivity index (χ4v) is 4.50. The van der Waals surface area contributed by atoms with Gasteiger partial charge in [0.2, 0.25) is 17.7 Å². The van der Waals surface area contributed by atoms with Crippen LogP contribution < -0.4 is 20.1 Å². The maximum Gasteiger partial charge on any atom is 0.237 e. The van der Waals surface area contributed by atoms with Crippen molar-refractivity contribution in [2.45, 2.75) is 44.4 Å². The van der Waals surface area contributed by atoms with E-state index in [0.717, 1.165) is 17.5 Å². The van der Waals surface area contributed by atoms with Crippen molar-refractivity contribution in [3.8, 4) is 11.5 Å². The number of imide groups is 1. The zero-order valence-electron chi connectivity index (χ0n) is 17.8. The van der Waals surface area contributed by atoms with Crippen molar-refractivity contribution in [2.24, 2.45) is 0 Å². The van der Waals surface area contributed by atoms with Crippen molar-refractivity contribution >= 4 is 35.0 Å². The van der Waals surface area contributed by atoms with Crippen LogP contribution in [0.2, 0.25) is 5.02 Å². The van der Waals surface area contributed by atoms with E-state index in [0.29, 0.717) is 54.7 Å². The van der Waals surface area contributed by atoms with Gasteiger partial charge in [-0.3, -0.25) is 19.7 Å². The lowest BCUT2D eigenvalue weighted by Gasteiger charge is -2.35. The van der Waals surface area contributed by atoms with Crippen molar-refractivity contribution in [2.75, 3.05) is 18.5 Å². The first kappa shape index (κ1) is 22.1. The summed E-state index contributed by atoms with van der Waals surface area (Å²) in [6, 6.07) is 10.7. The number of ether oxygens (including phenoxy) is 2. The molecule has 7 nitrogen and oxygen atoms in total. The van der Waals surface area contributed by atoms with Gasteiger partial charge in [0, 0.05) is 18.5 Å². The van der Waals surface area contributed by atoms with E-state index in [9.17, 15) is 14.4 Å². The average Bonchev–Trinajstić information content (AvgIpc) is 3.01. The van der Waals surface area contributed by atoms with Gasteiger partial charge < -0.3 is 14.8 Å². The summed E-state index contributed by atoms with van der Waals surface area (Å²) < 4.78 is 11.3. The molecule has 0 aliphatic carbocycles. The van der Waals surface area contributed by atoms with Gasteiger partial charge in [0.1, 0.15) is 0 Å². The van der Waals surface area contributed by atoms with Gasteiger partial charge in [-0.1, -0.05) is 30.7 Å². The summed E-state index contributed by atoms with van der Waals surface area (Å²) in [5.41, 5.74) is 1.45. The molecule has 1 unspecified atom stereocenters. The SMILES string of the molecule is CCC1(c2ccc(NC(=O)Cc3cc(Cl)c4c(c3)OCCCO4)cc2)CCC(=O)NC1=O. The first-order chi connectivity index (χ1) is 15.4. The summed E-state index contributed by atoms with van der Waals surface area (Å²) in [5.74, 6) is 0.366. The van der Waals surface area contributed by atoms with E-state index in [2.05, 4.69) is 10.6 Å². The van der Waals surface area contributed by atoms with Crippen molar-refractivity contribution in [1.29, 1.82) is 0 Å². The normalized spacial score (nSPS) is 20.3. The lowest BCUT2D eigenvalue weighted by atomic mass is 9.72. The molecule has 1 fully saturated rings. The van der Waals surface area contributed by atoms with Gasteiger partial charge in [0.25, 0.3) is 0 Å². The Kier molecular flexibility index (Phi) is 6.37. The van der Waals surface area contributed by atoms with Crippen molar-refractivity contribution in [3.05, 3.63) is 52.5 Å². The van der Waals surface area contributed by atoms with Crippen LogP contribution in [0.3, 0.4) is 0 Å². The molecule has 0 radical (unpaired) electrons. The predicted octanol–water partition coefficient (Wildman–Crippen LogP) is 3.77. The van der Waals surface area contributed by atoms with Gasteiger partial charge in [-0.2, -0.15) is 0 Å². The number of benzene rings is 2. The molecule has 8 heteroatoms. The van der Waals surface area contributed by atoms with Crippen LogP contribution in [0.5, 0.6) is 11.5 Å². The number of carbonyl (C=O) groups excluding carboxylic acids is 3. The smallest absolute Gasteiger partial charge is 0.237 e. The molecule has 1 atom stereocenters. The molecule has 2 aromatic rings. The van der Waals surface area contributed by atoms with Crippen LogP contribution in [0.4, 0.5) is 5.69 Å². The Bertz CT molecular complexity index is 1050. The maximum absolute atomic E-state index is 12.6. The number of piperidine rings is 1. The number of hydrogen-bond donors (Lipinski definition) is 2. The largest absolute Gasteiger partial charge is 0.489 e. The molecule has 32 heavy (non-hydrogen) atoms. The topological polar surface area (TPSA) is 93.7 Å². The lowest BCUT2D eigenvalue weighted by Crippen LogP contribution is -2.51. The minimum absolute atomic E-state index is 0.127. The van der Waals surface area contributed by atoms with E-state index >= 15 is 0 Å². The van der Waals surface area contributed by atoms with Crippen LogP contribution in [-0.4, -0.2) is 30.9 Å². The predicted molar refractivity (Wildman–Crippen MR) is 120 cm³/mol. The van der Waals surface area contributed by atoms with Gasteiger partial charge in [-0.25, -0.2) is 0 Å². The van der Waals surface area contributed by atoms with E-state index in [1.165, 1.54) is 0 Å². The Labute approximate surface area is 191 Å². The van der Waals surface area contributed by atoms with Crippen LogP contribution in [0, 0.1) is 0 Å². The van der Waals surface area contributed by atoms with Crippen molar-refractivity contribution in [1.82, 2.24) is 5.32 Å². The fourth-order valence-electron chi connectivity index (χ4n) is 4.22. The molecular weight excluding hydrogens is 432 g/mol. The Morgan fingerprint density at radius 2 is 1.91 bits per heavy atom. The molecule has 2 heterocycles. The van der Waals surface area contributed by atoms with Gasteiger partial charge in [0.15, 0.2) is 11.5 Å². The standard InChI is InChI=1S/C24H25ClN2O5/c1-2-24(9-8-20(28)27-23(24)30)16-4-6-17(7-5-16)26-21(29)14-15-12-18(25)22-19(13-15)31-10-3-11-32-22/h4-7,12-13H,2-3,8-11,14H2,1H3,(H,26,29)(H,27,28,30). The highest BCUT2D eigenvalue weighted by Crippen LogP contribution is 2.38. The van der Waals surface area contributed by atoms with Gasteiger partial charge in [0.05, 0.1) is 30.1 Å². The zero-order chi connectivity index (χ0) is 22.7. The second-order valence-corrected chi connectivity index (χ2v) is 8.48. The van der Waals surface area contributed by atoms with Crippen LogP contribution >= 0.6 is 11.6 Å². The second-order valence-electron chi connectivity index (χ2n) is 8.07. The molecule has 0 spiro atoms.